The first-order valence-corrected chi connectivity index (χ1v) is 7.02. The van der Waals surface area contributed by atoms with Crippen molar-refractivity contribution in [3.63, 3.8) is 0 Å². The Morgan fingerprint density at radius 3 is 2.52 bits per heavy atom. The summed E-state index contributed by atoms with van der Waals surface area (Å²) in [6.07, 6.45) is 0. The number of carbonyl (C=O) groups is 2. The fourth-order valence-electron chi connectivity index (χ4n) is 1.98. The molecule has 1 aromatic carbocycles. The molecule has 2 aromatic rings. The van der Waals surface area contributed by atoms with Gasteiger partial charge in [-0.15, -0.1) is 0 Å². The number of esters is 1. The zero-order valence-electron chi connectivity index (χ0n) is 13.1. The highest BCUT2D eigenvalue weighted by Crippen LogP contribution is 2.16. The van der Waals surface area contributed by atoms with E-state index in [4.69, 9.17) is 0 Å². The third-order valence-electron chi connectivity index (χ3n) is 3.13. The molecule has 23 heavy (non-hydrogen) atoms. The molecule has 7 heteroatoms. The molecule has 0 spiro atoms. The Morgan fingerprint density at radius 1 is 1.17 bits per heavy atom. The van der Waals surface area contributed by atoms with Crippen LogP contribution in [0.3, 0.4) is 0 Å². The van der Waals surface area contributed by atoms with E-state index < -0.39 is 11.9 Å². The zero-order valence-corrected chi connectivity index (χ0v) is 13.1. The van der Waals surface area contributed by atoms with Crippen molar-refractivity contribution in [2.24, 2.45) is 0 Å². The molecule has 0 unspecified atom stereocenters. The van der Waals surface area contributed by atoms with E-state index >= 15 is 0 Å². The maximum atomic E-state index is 12.3. The van der Waals surface area contributed by atoms with Gasteiger partial charge in [0.1, 0.15) is 5.69 Å². The van der Waals surface area contributed by atoms with Crippen molar-refractivity contribution in [2.75, 3.05) is 12.4 Å². The maximum absolute atomic E-state index is 12.3. The van der Waals surface area contributed by atoms with Gasteiger partial charge in [-0.05, 0) is 32.0 Å². The smallest absolute Gasteiger partial charge is 0.339 e. The van der Waals surface area contributed by atoms with Crippen LogP contribution in [-0.2, 0) is 4.74 Å². The number of hydrogen-bond donors (Lipinski definition) is 1. The van der Waals surface area contributed by atoms with Crippen molar-refractivity contribution >= 4 is 17.6 Å². The van der Waals surface area contributed by atoms with E-state index in [9.17, 15) is 14.4 Å². The number of anilines is 1. The molecule has 120 valence electrons. The molecule has 0 saturated carbocycles. The van der Waals surface area contributed by atoms with E-state index in [1.54, 1.807) is 38.1 Å². The van der Waals surface area contributed by atoms with Gasteiger partial charge in [0.25, 0.3) is 11.5 Å². The summed E-state index contributed by atoms with van der Waals surface area (Å²) in [7, 11) is 1.26. The molecule has 2 rings (SSSR count). The number of benzene rings is 1. The number of hydrogen-bond acceptors (Lipinski definition) is 5. The van der Waals surface area contributed by atoms with Crippen molar-refractivity contribution in [1.29, 1.82) is 0 Å². The molecule has 0 saturated heterocycles. The van der Waals surface area contributed by atoms with Crippen LogP contribution in [0.1, 0.15) is 40.7 Å². The highest BCUT2D eigenvalue weighted by atomic mass is 16.5. The Morgan fingerprint density at radius 2 is 1.87 bits per heavy atom. The molecule has 0 aliphatic rings. The lowest BCUT2D eigenvalue weighted by Gasteiger charge is -2.11. The number of rotatable bonds is 4. The highest BCUT2D eigenvalue weighted by molar-refractivity contribution is 6.06. The lowest BCUT2D eigenvalue weighted by atomic mass is 10.1. The minimum absolute atomic E-state index is 0.0815. The van der Waals surface area contributed by atoms with Gasteiger partial charge in [0.2, 0.25) is 0 Å². The lowest BCUT2D eigenvalue weighted by Crippen LogP contribution is -2.27. The molecule has 0 fully saturated rings. The van der Waals surface area contributed by atoms with Gasteiger partial charge in [0, 0.05) is 6.07 Å². The summed E-state index contributed by atoms with van der Waals surface area (Å²) in [6, 6.07) is 8.94. The Bertz CT molecular complexity index is 796. The van der Waals surface area contributed by atoms with Gasteiger partial charge in [-0.25, -0.2) is 9.48 Å². The number of aromatic nitrogens is 2. The van der Waals surface area contributed by atoms with E-state index in [0.29, 0.717) is 5.69 Å². The molecule has 0 aliphatic carbocycles. The fourth-order valence-corrected chi connectivity index (χ4v) is 1.98. The van der Waals surface area contributed by atoms with Gasteiger partial charge in [-0.1, -0.05) is 12.1 Å². The topological polar surface area (TPSA) is 90.3 Å². The second-order valence-corrected chi connectivity index (χ2v) is 5.09. The summed E-state index contributed by atoms with van der Waals surface area (Å²) >= 11 is 0. The number of methoxy groups -OCH3 is 1. The number of para-hydroxylation sites is 1. The molecule has 0 aliphatic heterocycles. The number of nitrogens with zero attached hydrogens (tertiary/aromatic N) is 2. The van der Waals surface area contributed by atoms with Crippen molar-refractivity contribution in [3.05, 3.63) is 58.0 Å². The van der Waals surface area contributed by atoms with Crippen LogP contribution in [0.25, 0.3) is 0 Å². The standard InChI is InChI=1S/C16H17N3O4/c1-10(2)19-14(20)9-8-13(18-19)15(21)17-12-7-5-4-6-11(12)16(22)23-3/h4-10H,1-3H3,(H,17,21). The second kappa shape index (κ2) is 6.87. The van der Waals surface area contributed by atoms with Crippen LogP contribution in [0.2, 0.25) is 0 Å². The summed E-state index contributed by atoms with van der Waals surface area (Å²) < 4.78 is 5.90. The largest absolute Gasteiger partial charge is 0.465 e. The van der Waals surface area contributed by atoms with Gasteiger partial charge >= 0.3 is 5.97 Å². The number of ether oxygens (including phenoxy) is 1. The average Bonchev–Trinajstić information content (AvgIpc) is 2.54. The van der Waals surface area contributed by atoms with Crippen LogP contribution in [0.15, 0.2) is 41.2 Å². The van der Waals surface area contributed by atoms with E-state index in [0.717, 1.165) is 0 Å². The second-order valence-electron chi connectivity index (χ2n) is 5.09. The van der Waals surface area contributed by atoms with E-state index in [2.05, 4.69) is 15.2 Å². The van der Waals surface area contributed by atoms with E-state index in [-0.39, 0.29) is 22.9 Å². The molecule has 1 aromatic heterocycles. The number of nitrogens with one attached hydrogen (secondary N) is 1. The van der Waals surface area contributed by atoms with Crippen molar-refractivity contribution in [2.45, 2.75) is 19.9 Å². The van der Waals surface area contributed by atoms with E-state index in [1.165, 1.54) is 23.9 Å². The normalized spacial score (nSPS) is 10.4. The van der Waals surface area contributed by atoms with Gasteiger partial charge in [-0.2, -0.15) is 5.10 Å². The van der Waals surface area contributed by atoms with Crippen molar-refractivity contribution < 1.29 is 14.3 Å². The maximum Gasteiger partial charge on any atom is 0.339 e. The monoisotopic (exact) mass is 315 g/mol. The first-order valence-electron chi connectivity index (χ1n) is 7.02. The molecular formula is C16H17N3O4. The molecule has 0 radical (unpaired) electrons. The van der Waals surface area contributed by atoms with Crippen LogP contribution in [0.4, 0.5) is 5.69 Å². The van der Waals surface area contributed by atoms with Gasteiger partial charge in [0.05, 0.1) is 24.4 Å². The molecule has 1 heterocycles. The van der Waals surface area contributed by atoms with Gasteiger partial charge in [-0.3, -0.25) is 9.59 Å². The molecule has 1 amide bonds. The van der Waals surface area contributed by atoms with Crippen molar-refractivity contribution in [3.8, 4) is 0 Å². The minimum atomic E-state index is -0.555. The summed E-state index contributed by atoms with van der Waals surface area (Å²) in [5, 5.41) is 6.65. The number of carbonyl (C=O) groups excluding carboxylic acids is 2. The molecule has 0 bridgehead atoms. The summed E-state index contributed by atoms with van der Waals surface area (Å²) in [5.41, 5.74) is 0.346. The average molecular weight is 315 g/mol. The molecule has 0 atom stereocenters. The summed E-state index contributed by atoms with van der Waals surface area (Å²) in [6.45, 7) is 3.59. The first kappa shape index (κ1) is 16.4. The SMILES string of the molecule is COC(=O)c1ccccc1NC(=O)c1ccc(=O)n(C(C)C)n1. The van der Waals surface area contributed by atoms with E-state index in [1.807, 2.05) is 0 Å². The van der Waals surface area contributed by atoms with Gasteiger partial charge < -0.3 is 10.1 Å². The summed E-state index contributed by atoms with van der Waals surface area (Å²) in [4.78, 5) is 35.7. The Kier molecular flexibility index (Phi) is 4.90. The Hall–Kier alpha value is -2.96. The fraction of sp³-hybridized carbons (Fsp3) is 0.250. The third kappa shape index (κ3) is 3.63. The quantitative estimate of drug-likeness (QED) is 0.870. The Labute approximate surface area is 132 Å². The Balaban J connectivity index is 2.32. The highest BCUT2D eigenvalue weighted by Gasteiger charge is 2.16. The lowest BCUT2D eigenvalue weighted by molar-refractivity contribution is 0.0602. The van der Waals surface area contributed by atoms with Gasteiger partial charge in [0.15, 0.2) is 0 Å². The van der Waals surface area contributed by atoms with Crippen LogP contribution < -0.4 is 10.9 Å². The minimum Gasteiger partial charge on any atom is -0.465 e. The predicted octanol–water partition coefficient (Wildman–Crippen LogP) is 1.86. The zero-order chi connectivity index (χ0) is 17.0. The third-order valence-corrected chi connectivity index (χ3v) is 3.13. The molecular weight excluding hydrogens is 298 g/mol. The predicted molar refractivity (Wildman–Crippen MR) is 84.6 cm³/mol. The van der Waals surface area contributed by atoms with Crippen molar-refractivity contribution in [1.82, 2.24) is 9.78 Å². The van der Waals surface area contributed by atoms with Crippen LogP contribution in [0, 0.1) is 0 Å². The van der Waals surface area contributed by atoms with Crippen LogP contribution in [0.5, 0.6) is 0 Å². The molecule has 7 nitrogen and oxygen atoms in total. The summed E-state index contributed by atoms with van der Waals surface area (Å²) in [5.74, 6) is -1.07. The first-order chi connectivity index (χ1) is 10.9. The van der Waals surface area contributed by atoms with Crippen LogP contribution >= 0.6 is 0 Å². The molecule has 1 N–H and O–H groups in total. The number of amides is 1. The van der Waals surface area contributed by atoms with Crippen LogP contribution in [-0.4, -0.2) is 28.8 Å².